The van der Waals surface area contributed by atoms with Crippen molar-refractivity contribution in [3.63, 3.8) is 0 Å². The van der Waals surface area contributed by atoms with Crippen molar-refractivity contribution in [1.29, 1.82) is 0 Å². The van der Waals surface area contributed by atoms with E-state index in [1.54, 1.807) is 18.5 Å². The van der Waals surface area contributed by atoms with Gasteiger partial charge in [-0.3, -0.25) is 24.3 Å². The summed E-state index contributed by atoms with van der Waals surface area (Å²) >= 11 is 0. The van der Waals surface area contributed by atoms with Crippen molar-refractivity contribution in [1.82, 2.24) is 19.6 Å². The summed E-state index contributed by atoms with van der Waals surface area (Å²) in [6.45, 7) is 7.20. The Morgan fingerprint density at radius 2 is 1.83 bits per heavy atom. The fraction of sp³-hybridized carbons (Fsp3) is 0.500. The van der Waals surface area contributed by atoms with Crippen LogP contribution >= 0.6 is 0 Å². The minimum Gasteiger partial charge on any atom is -0.323 e. The zero-order valence-electron chi connectivity index (χ0n) is 13.9. The van der Waals surface area contributed by atoms with E-state index < -0.39 is 4.92 Å². The topological polar surface area (TPSA) is 108 Å². The Kier molecular flexibility index (Phi) is 4.48. The predicted octanol–water partition coefficient (Wildman–Crippen LogP) is 1.79. The van der Waals surface area contributed by atoms with Gasteiger partial charge in [-0.2, -0.15) is 10.2 Å². The van der Waals surface area contributed by atoms with Crippen LogP contribution in [0.4, 0.5) is 11.4 Å². The van der Waals surface area contributed by atoms with Crippen LogP contribution in [0.5, 0.6) is 0 Å². The Morgan fingerprint density at radius 1 is 1.17 bits per heavy atom. The van der Waals surface area contributed by atoms with Crippen LogP contribution in [0.25, 0.3) is 0 Å². The Labute approximate surface area is 133 Å². The highest BCUT2D eigenvalue weighted by Gasteiger charge is 2.22. The lowest BCUT2D eigenvalue weighted by molar-refractivity contribution is -0.386. The lowest BCUT2D eigenvalue weighted by Crippen LogP contribution is -2.16. The number of amides is 1. The molecular weight excluding hydrogens is 300 g/mol. The third-order valence-electron chi connectivity index (χ3n) is 3.85. The number of rotatable bonds is 5. The normalized spacial score (nSPS) is 10.8. The van der Waals surface area contributed by atoms with Crippen molar-refractivity contribution in [3.8, 4) is 0 Å². The van der Waals surface area contributed by atoms with Crippen molar-refractivity contribution < 1.29 is 9.72 Å². The van der Waals surface area contributed by atoms with Gasteiger partial charge in [0.25, 0.3) is 0 Å². The summed E-state index contributed by atoms with van der Waals surface area (Å²) in [6, 6.07) is 0. The third-order valence-corrected chi connectivity index (χ3v) is 3.85. The van der Waals surface area contributed by atoms with Gasteiger partial charge in [0, 0.05) is 13.5 Å². The van der Waals surface area contributed by atoms with Gasteiger partial charge in [-0.1, -0.05) is 0 Å². The first-order valence-corrected chi connectivity index (χ1v) is 7.20. The maximum Gasteiger partial charge on any atom is 0.312 e. The Morgan fingerprint density at radius 3 is 2.30 bits per heavy atom. The molecular formula is C14H20N6O3. The maximum absolute atomic E-state index is 12.1. The highest BCUT2D eigenvalue weighted by Crippen LogP contribution is 2.22. The first kappa shape index (κ1) is 16.7. The second-order valence-corrected chi connectivity index (χ2v) is 5.47. The maximum atomic E-state index is 12.1. The monoisotopic (exact) mass is 320 g/mol. The van der Waals surface area contributed by atoms with Gasteiger partial charge in [0.05, 0.1) is 28.5 Å². The van der Waals surface area contributed by atoms with Gasteiger partial charge in [0.2, 0.25) is 5.91 Å². The molecule has 2 aromatic heterocycles. The van der Waals surface area contributed by atoms with Crippen LogP contribution in [-0.2, 0) is 18.4 Å². The molecule has 1 amide bonds. The molecule has 23 heavy (non-hydrogen) atoms. The van der Waals surface area contributed by atoms with Crippen molar-refractivity contribution >= 4 is 17.3 Å². The van der Waals surface area contributed by atoms with Gasteiger partial charge in [-0.25, -0.2) is 0 Å². The zero-order valence-corrected chi connectivity index (χ0v) is 13.9. The standard InChI is InChI=1S/C14H20N6O3/c1-8-13(10(3)18(5)16-8)15-12(21)6-7-19-11(4)14(20(22)23)9(2)17-19/h6-7H2,1-5H3,(H,15,21). The molecule has 0 saturated heterocycles. The number of nitrogens with one attached hydrogen (secondary N) is 1. The van der Waals surface area contributed by atoms with Gasteiger partial charge < -0.3 is 5.32 Å². The summed E-state index contributed by atoms with van der Waals surface area (Å²) in [7, 11) is 1.81. The summed E-state index contributed by atoms with van der Waals surface area (Å²) in [5, 5.41) is 22.2. The number of nitrogens with zero attached hydrogens (tertiary/aromatic N) is 5. The molecule has 2 aromatic rings. The van der Waals surface area contributed by atoms with Gasteiger partial charge in [0.15, 0.2) is 0 Å². The summed E-state index contributed by atoms with van der Waals surface area (Å²) in [5.41, 5.74) is 3.14. The molecule has 0 unspecified atom stereocenters. The van der Waals surface area contributed by atoms with Gasteiger partial charge >= 0.3 is 5.69 Å². The average molecular weight is 320 g/mol. The minimum absolute atomic E-state index is 0.00403. The van der Waals surface area contributed by atoms with Crippen LogP contribution in [0.15, 0.2) is 0 Å². The number of anilines is 1. The van der Waals surface area contributed by atoms with Crippen LogP contribution in [0.1, 0.15) is 29.2 Å². The fourth-order valence-electron chi connectivity index (χ4n) is 2.53. The molecule has 2 rings (SSSR count). The predicted molar refractivity (Wildman–Crippen MR) is 84.3 cm³/mol. The minimum atomic E-state index is -0.448. The fourth-order valence-corrected chi connectivity index (χ4v) is 2.53. The molecule has 124 valence electrons. The van der Waals surface area contributed by atoms with E-state index >= 15 is 0 Å². The molecule has 0 saturated carbocycles. The second kappa shape index (κ2) is 6.19. The molecule has 9 nitrogen and oxygen atoms in total. The summed E-state index contributed by atoms with van der Waals surface area (Å²) in [4.78, 5) is 22.6. The average Bonchev–Trinajstić information content (AvgIpc) is 2.87. The Hall–Kier alpha value is -2.71. The van der Waals surface area contributed by atoms with Crippen molar-refractivity contribution in [2.75, 3.05) is 5.32 Å². The number of hydrogen-bond acceptors (Lipinski definition) is 5. The van der Waals surface area contributed by atoms with E-state index in [0.29, 0.717) is 17.1 Å². The molecule has 0 atom stereocenters. The summed E-state index contributed by atoms with van der Waals surface area (Å²) in [5.74, 6) is -0.181. The first-order valence-electron chi connectivity index (χ1n) is 7.20. The SMILES string of the molecule is Cc1nn(C)c(C)c1NC(=O)CCn1nc(C)c([N+](=O)[O-])c1C. The number of aryl methyl sites for hydroxylation is 4. The largest absolute Gasteiger partial charge is 0.323 e. The molecule has 0 spiro atoms. The van der Waals surface area contributed by atoms with Crippen LogP contribution in [0, 0.1) is 37.8 Å². The van der Waals surface area contributed by atoms with E-state index in [-0.39, 0.29) is 24.6 Å². The first-order chi connectivity index (χ1) is 10.7. The number of nitro groups is 1. The quantitative estimate of drug-likeness (QED) is 0.667. The van der Waals surface area contributed by atoms with E-state index in [1.165, 1.54) is 4.68 Å². The smallest absolute Gasteiger partial charge is 0.312 e. The molecule has 0 aliphatic rings. The van der Waals surface area contributed by atoms with E-state index in [9.17, 15) is 14.9 Å². The lowest BCUT2D eigenvalue weighted by Gasteiger charge is -2.06. The van der Waals surface area contributed by atoms with Crippen molar-refractivity contribution in [2.45, 2.75) is 40.7 Å². The van der Waals surface area contributed by atoms with E-state index in [1.807, 2.05) is 20.9 Å². The lowest BCUT2D eigenvalue weighted by atomic mass is 10.3. The van der Waals surface area contributed by atoms with E-state index in [2.05, 4.69) is 15.5 Å². The highest BCUT2D eigenvalue weighted by atomic mass is 16.6. The molecule has 0 aliphatic carbocycles. The number of carbonyl (C=O) groups is 1. The van der Waals surface area contributed by atoms with Crippen molar-refractivity contribution in [3.05, 3.63) is 32.9 Å². The summed E-state index contributed by atoms with van der Waals surface area (Å²) < 4.78 is 3.20. The molecule has 0 fully saturated rings. The molecule has 0 radical (unpaired) electrons. The second-order valence-electron chi connectivity index (χ2n) is 5.47. The van der Waals surface area contributed by atoms with Crippen molar-refractivity contribution in [2.24, 2.45) is 7.05 Å². The molecule has 0 aliphatic heterocycles. The Balaban J connectivity index is 2.05. The molecule has 0 bridgehead atoms. The van der Waals surface area contributed by atoms with Crippen LogP contribution in [0.2, 0.25) is 0 Å². The Bertz CT molecular complexity index is 774. The number of hydrogen-bond donors (Lipinski definition) is 1. The highest BCUT2D eigenvalue weighted by molar-refractivity contribution is 5.91. The number of carbonyl (C=O) groups excluding carboxylic acids is 1. The van der Waals surface area contributed by atoms with Gasteiger partial charge in [0.1, 0.15) is 11.4 Å². The molecule has 9 heteroatoms. The molecule has 2 heterocycles. The summed E-state index contributed by atoms with van der Waals surface area (Å²) in [6.07, 6.45) is 0.174. The van der Waals surface area contributed by atoms with Gasteiger partial charge in [-0.05, 0) is 27.7 Å². The van der Waals surface area contributed by atoms with Gasteiger partial charge in [-0.15, -0.1) is 0 Å². The van der Waals surface area contributed by atoms with Crippen LogP contribution in [0.3, 0.4) is 0 Å². The van der Waals surface area contributed by atoms with E-state index in [4.69, 9.17) is 0 Å². The number of aromatic nitrogens is 4. The zero-order chi connectivity index (χ0) is 17.3. The molecule has 1 N–H and O–H groups in total. The molecule has 0 aromatic carbocycles. The van der Waals surface area contributed by atoms with E-state index in [0.717, 1.165) is 11.4 Å². The third kappa shape index (κ3) is 3.22. The van der Waals surface area contributed by atoms with Crippen LogP contribution in [-0.4, -0.2) is 30.4 Å². The van der Waals surface area contributed by atoms with Crippen LogP contribution < -0.4 is 5.32 Å².